The predicted octanol–water partition coefficient (Wildman–Crippen LogP) is 1.22. The van der Waals surface area contributed by atoms with Crippen LogP contribution in [0.1, 0.15) is 12.5 Å². The quantitative estimate of drug-likeness (QED) is 0.772. The van der Waals surface area contributed by atoms with E-state index in [0.29, 0.717) is 0 Å². The van der Waals surface area contributed by atoms with Gasteiger partial charge in [-0.1, -0.05) is 12.1 Å². The third kappa shape index (κ3) is 6.02. The Morgan fingerprint density at radius 1 is 1.33 bits per heavy atom. The molecule has 2 N–H and O–H groups in total. The van der Waals surface area contributed by atoms with Gasteiger partial charge in [-0.15, -0.1) is 10.2 Å². The Hall–Kier alpha value is -3.02. The number of tetrazole rings is 1. The number of halogens is 3. The van der Waals surface area contributed by atoms with Crippen molar-refractivity contribution in [1.29, 1.82) is 0 Å². The summed E-state index contributed by atoms with van der Waals surface area (Å²) in [5.41, 5.74) is -0.751. The zero-order valence-corrected chi connectivity index (χ0v) is 14.4. The lowest BCUT2D eigenvalue weighted by atomic mass is 10.1. The topological polar surface area (TPSA) is 111 Å². The molecule has 0 fully saturated rings. The van der Waals surface area contributed by atoms with Gasteiger partial charge >= 0.3 is 12.2 Å². The first-order valence-electron chi connectivity index (χ1n) is 7.73. The van der Waals surface area contributed by atoms with Crippen LogP contribution in [0.5, 0.6) is 0 Å². The van der Waals surface area contributed by atoms with E-state index in [2.05, 4.69) is 26.0 Å². The van der Waals surface area contributed by atoms with Crippen LogP contribution in [0.25, 0.3) is 11.4 Å². The number of alkyl halides is 3. The lowest BCUT2D eigenvalue weighted by Gasteiger charge is -2.12. The van der Waals surface area contributed by atoms with Crippen molar-refractivity contribution >= 4 is 11.9 Å². The largest absolute Gasteiger partial charge is 0.416 e. The summed E-state index contributed by atoms with van der Waals surface area (Å²) in [6.07, 6.45) is -4.50. The van der Waals surface area contributed by atoms with Crippen LogP contribution in [0.4, 0.5) is 18.0 Å². The Bertz CT molecular complexity index is 808. The summed E-state index contributed by atoms with van der Waals surface area (Å²) in [4.78, 5) is 24.3. The minimum Gasteiger partial charge on any atom is -0.383 e. The molecule has 0 aliphatic heterocycles. The summed E-state index contributed by atoms with van der Waals surface area (Å²) in [7, 11) is 1.47. The standard InChI is InChI=1S/C15H17F3N6O3/c1-9(8-27-2)19-14(26)20-12(25)7-24-22-13(21-23-24)10-4-3-5-11(6-10)15(16,17)18/h3-6,9H,7-8H2,1-2H3,(H2,19,20,25,26)/t9-/m1/s1. The van der Waals surface area contributed by atoms with Gasteiger partial charge in [-0.25, -0.2) is 4.79 Å². The van der Waals surface area contributed by atoms with Crippen LogP contribution in [0.2, 0.25) is 0 Å². The molecule has 2 rings (SSSR count). The molecule has 1 atom stereocenters. The first-order chi connectivity index (χ1) is 12.7. The van der Waals surface area contributed by atoms with E-state index in [0.717, 1.165) is 16.9 Å². The fourth-order valence-corrected chi connectivity index (χ4v) is 2.11. The van der Waals surface area contributed by atoms with E-state index in [1.54, 1.807) is 6.92 Å². The van der Waals surface area contributed by atoms with Crippen molar-refractivity contribution in [3.63, 3.8) is 0 Å². The van der Waals surface area contributed by atoms with Crippen molar-refractivity contribution in [2.45, 2.75) is 25.7 Å². The van der Waals surface area contributed by atoms with E-state index in [-0.39, 0.29) is 24.0 Å². The molecule has 0 saturated heterocycles. The summed E-state index contributed by atoms with van der Waals surface area (Å²) < 4.78 is 43.1. The van der Waals surface area contributed by atoms with Crippen molar-refractivity contribution in [1.82, 2.24) is 30.8 Å². The minimum atomic E-state index is -4.50. The van der Waals surface area contributed by atoms with Gasteiger partial charge < -0.3 is 10.1 Å². The Morgan fingerprint density at radius 2 is 2.07 bits per heavy atom. The molecule has 0 spiro atoms. The van der Waals surface area contributed by atoms with Crippen LogP contribution in [0.15, 0.2) is 24.3 Å². The number of rotatable bonds is 6. The predicted molar refractivity (Wildman–Crippen MR) is 86.3 cm³/mol. The van der Waals surface area contributed by atoms with Gasteiger partial charge in [-0.3, -0.25) is 10.1 Å². The van der Waals surface area contributed by atoms with E-state index >= 15 is 0 Å². The van der Waals surface area contributed by atoms with Gasteiger partial charge in [-0.05, 0) is 24.3 Å². The fraction of sp³-hybridized carbons (Fsp3) is 0.400. The summed E-state index contributed by atoms with van der Waals surface area (Å²) in [5.74, 6) is -0.794. The first-order valence-corrected chi connectivity index (χ1v) is 7.73. The SMILES string of the molecule is COC[C@@H](C)NC(=O)NC(=O)Cn1nnc(-c2cccc(C(F)(F)F)c2)n1. The molecule has 1 heterocycles. The van der Waals surface area contributed by atoms with Crippen LogP contribution >= 0.6 is 0 Å². The average molecular weight is 386 g/mol. The van der Waals surface area contributed by atoms with E-state index in [1.807, 2.05) is 0 Å². The summed E-state index contributed by atoms with van der Waals surface area (Å²) in [5, 5.41) is 15.6. The monoisotopic (exact) mass is 386 g/mol. The van der Waals surface area contributed by atoms with Crippen LogP contribution in [0, 0.1) is 0 Å². The highest BCUT2D eigenvalue weighted by Gasteiger charge is 2.30. The van der Waals surface area contributed by atoms with Crippen molar-refractivity contribution < 1.29 is 27.5 Å². The molecular weight excluding hydrogens is 369 g/mol. The van der Waals surface area contributed by atoms with E-state index in [9.17, 15) is 22.8 Å². The van der Waals surface area contributed by atoms with Gasteiger partial charge in [0.2, 0.25) is 5.82 Å². The number of hydrogen-bond donors (Lipinski definition) is 2. The number of benzene rings is 1. The zero-order chi connectivity index (χ0) is 20.0. The van der Waals surface area contributed by atoms with Crippen molar-refractivity contribution in [3.05, 3.63) is 29.8 Å². The maximum Gasteiger partial charge on any atom is 0.416 e. The van der Waals surface area contributed by atoms with Gasteiger partial charge in [0.15, 0.2) is 0 Å². The van der Waals surface area contributed by atoms with Crippen LogP contribution in [-0.4, -0.2) is 51.9 Å². The lowest BCUT2D eigenvalue weighted by Crippen LogP contribution is -2.46. The molecule has 0 aliphatic rings. The van der Waals surface area contributed by atoms with Crippen LogP contribution in [-0.2, 0) is 22.3 Å². The fourth-order valence-electron chi connectivity index (χ4n) is 2.11. The summed E-state index contributed by atoms with van der Waals surface area (Å²) in [6, 6.07) is 3.39. The molecule has 146 valence electrons. The molecule has 9 nitrogen and oxygen atoms in total. The number of nitrogens with zero attached hydrogens (tertiary/aromatic N) is 4. The molecule has 2 aromatic rings. The highest BCUT2D eigenvalue weighted by atomic mass is 19.4. The number of hydrogen-bond acceptors (Lipinski definition) is 6. The average Bonchev–Trinajstić information content (AvgIpc) is 3.02. The summed E-state index contributed by atoms with van der Waals surface area (Å²) in [6.45, 7) is 1.53. The van der Waals surface area contributed by atoms with E-state index < -0.39 is 30.2 Å². The maximum absolute atomic E-state index is 12.8. The van der Waals surface area contributed by atoms with Gasteiger partial charge in [-0.2, -0.15) is 18.0 Å². The second-order valence-corrected chi connectivity index (χ2v) is 5.60. The Morgan fingerprint density at radius 3 is 2.74 bits per heavy atom. The molecule has 0 unspecified atom stereocenters. The minimum absolute atomic E-state index is 0.0768. The number of imide groups is 1. The molecule has 0 aliphatic carbocycles. The number of amides is 3. The highest BCUT2D eigenvalue weighted by molar-refractivity contribution is 5.94. The Kier molecular flexibility index (Phi) is 6.45. The van der Waals surface area contributed by atoms with Crippen molar-refractivity contribution in [2.24, 2.45) is 0 Å². The smallest absolute Gasteiger partial charge is 0.383 e. The molecular formula is C15H17F3N6O3. The van der Waals surface area contributed by atoms with Crippen LogP contribution in [0.3, 0.4) is 0 Å². The summed E-state index contributed by atoms with van der Waals surface area (Å²) >= 11 is 0. The molecule has 12 heteroatoms. The van der Waals surface area contributed by atoms with E-state index in [4.69, 9.17) is 4.74 Å². The first kappa shape index (κ1) is 20.3. The third-order valence-corrected chi connectivity index (χ3v) is 3.23. The number of carbonyl (C=O) groups excluding carboxylic acids is 2. The second kappa shape index (κ2) is 8.58. The Labute approximate surface area is 151 Å². The number of methoxy groups -OCH3 is 1. The third-order valence-electron chi connectivity index (χ3n) is 3.23. The number of nitrogens with one attached hydrogen (secondary N) is 2. The highest BCUT2D eigenvalue weighted by Crippen LogP contribution is 2.31. The molecule has 1 aromatic heterocycles. The number of urea groups is 1. The molecule has 0 bridgehead atoms. The lowest BCUT2D eigenvalue weighted by molar-refractivity contribution is -0.137. The van der Waals surface area contributed by atoms with Gasteiger partial charge in [0.1, 0.15) is 6.54 Å². The number of ether oxygens (including phenoxy) is 1. The molecule has 1 aromatic carbocycles. The molecule has 0 radical (unpaired) electrons. The Balaban J connectivity index is 1.98. The van der Waals surface area contributed by atoms with E-state index in [1.165, 1.54) is 19.2 Å². The van der Waals surface area contributed by atoms with Gasteiger partial charge in [0, 0.05) is 12.7 Å². The maximum atomic E-state index is 12.8. The number of aromatic nitrogens is 4. The zero-order valence-electron chi connectivity index (χ0n) is 14.4. The van der Waals surface area contributed by atoms with Gasteiger partial charge in [0.05, 0.1) is 18.2 Å². The second-order valence-electron chi connectivity index (χ2n) is 5.60. The molecule has 27 heavy (non-hydrogen) atoms. The van der Waals surface area contributed by atoms with Crippen molar-refractivity contribution in [2.75, 3.05) is 13.7 Å². The molecule has 3 amide bonds. The van der Waals surface area contributed by atoms with Gasteiger partial charge in [0.25, 0.3) is 5.91 Å². The number of carbonyl (C=O) groups is 2. The van der Waals surface area contributed by atoms with Crippen molar-refractivity contribution in [3.8, 4) is 11.4 Å². The van der Waals surface area contributed by atoms with Crippen LogP contribution < -0.4 is 10.6 Å². The normalized spacial score (nSPS) is 12.5. The molecule has 0 saturated carbocycles.